The second-order valence-electron chi connectivity index (χ2n) is 4.63. The molecule has 1 aromatic carbocycles. The van der Waals surface area contributed by atoms with Gasteiger partial charge in [0.2, 0.25) is 5.82 Å². The standard InChI is InChI=1S/C13H13ClN4O2S/c1-8(2)12-15-7-11(18(19)20)17(12)13(21)16-10-6-4-3-5-9(10)14/h3-8H,1-2H3,(H,16,21). The number of nitro groups is 1. The van der Waals surface area contributed by atoms with Crippen LogP contribution in [0.3, 0.4) is 0 Å². The molecule has 0 saturated carbocycles. The predicted octanol–water partition coefficient (Wildman–Crippen LogP) is 3.81. The van der Waals surface area contributed by atoms with Crippen molar-refractivity contribution < 1.29 is 4.92 Å². The van der Waals surface area contributed by atoms with Gasteiger partial charge in [0.25, 0.3) is 5.11 Å². The molecule has 1 heterocycles. The molecule has 1 N–H and O–H groups in total. The van der Waals surface area contributed by atoms with E-state index in [0.717, 1.165) is 0 Å². The van der Waals surface area contributed by atoms with Gasteiger partial charge in [-0.3, -0.25) is 0 Å². The van der Waals surface area contributed by atoms with Crippen LogP contribution in [0.4, 0.5) is 11.5 Å². The van der Waals surface area contributed by atoms with E-state index in [1.165, 1.54) is 10.8 Å². The highest BCUT2D eigenvalue weighted by atomic mass is 35.5. The molecule has 6 nitrogen and oxygen atoms in total. The average molecular weight is 325 g/mol. The van der Waals surface area contributed by atoms with Crippen LogP contribution in [0.5, 0.6) is 0 Å². The zero-order chi connectivity index (χ0) is 15.6. The maximum Gasteiger partial charge on any atom is 0.349 e. The van der Waals surface area contributed by atoms with E-state index in [1.807, 2.05) is 13.8 Å². The number of thiocarbonyl (C=S) groups is 1. The van der Waals surface area contributed by atoms with E-state index in [0.29, 0.717) is 16.5 Å². The molecule has 1 aromatic heterocycles. The molecule has 0 fully saturated rings. The quantitative estimate of drug-likeness (QED) is 0.528. The van der Waals surface area contributed by atoms with Gasteiger partial charge in [-0.1, -0.05) is 37.6 Å². The van der Waals surface area contributed by atoms with E-state index >= 15 is 0 Å². The summed E-state index contributed by atoms with van der Waals surface area (Å²) in [5.41, 5.74) is 0.585. The monoisotopic (exact) mass is 324 g/mol. The molecule has 0 bridgehead atoms. The number of halogens is 1. The van der Waals surface area contributed by atoms with Crippen LogP contribution < -0.4 is 5.32 Å². The second-order valence-corrected chi connectivity index (χ2v) is 5.43. The lowest BCUT2D eigenvalue weighted by Crippen LogP contribution is -2.23. The van der Waals surface area contributed by atoms with Crippen molar-refractivity contribution in [1.29, 1.82) is 0 Å². The summed E-state index contributed by atoms with van der Waals surface area (Å²) in [5, 5.41) is 14.7. The average Bonchev–Trinajstić information content (AvgIpc) is 2.86. The van der Waals surface area contributed by atoms with Crippen molar-refractivity contribution in [2.45, 2.75) is 19.8 Å². The lowest BCUT2D eigenvalue weighted by molar-refractivity contribution is -0.390. The number of benzene rings is 1. The number of nitrogens with one attached hydrogen (secondary N) is 1. The minimum atomic E-state index is -0.514. The Hall–Kier alpha value is -1.99. The molecule has 0 amide bonds. The van der Waals surface area contributed by atoms with Gasteiger partial charge in [0.15, 0.2) is 0 Å². The van der Waals surface area contributed by atoms with Crippen LogP contribution in [0.25, 0.3) is 0 Å². The van der Waals surface area contributed by atoms with Crippen molar-refractivity contribution in [2.75, 3.05) is 5.32 Å². The fraction of sp³-hybridized carbons (Fsp3) is 0.231. The molecule has 0 radical (unpaired) electrons. The molecular formula is C13H13ClN4O2S. The van der Waals surface area contributed by atoms with Crippen LogP contribution in [-0.4, -0.2) is 19.6 Å². The minimum absolute atomic E-state index is 0.00954. The molecule has 0 aliphatic rings. The van der Waals surface area contributed by atoms with E-state index in [-0.39, 0.29) is 16.8 Å². The van der Waals surface area contributed by atoms with E-state index < -0.39 is 4.92 Å². The Morgan fingerprint density at radius 2 is 2.14 bits per heavy atom. The SMILES string of the molecule is CC(C)c1ncc([N+](=O)[O-])n1C(=S)Nc1ccccc1Cl. The molecule has 8 heteroatoms. The third-order valence-corrected chi connectivity index (χ3v) is 3.41. The highest BCUT2D eigenvalue weighted by Crippen LogP contribution is 2.24. The van der Waals surface area contributed by atoms with Crippen LogP contribution >= 0.6 is 23.8 Å². The van der Waals surface area contributed by atoms with Crippen LogP contribution in [0, 0.1) is 10.1 Å². The summed E-state index contributed by atoms with van der Waals surface area (Å²) in [6, 6.07) is 7.03. The predicted molar refractivity (Wildman–Crippen MR) is 86.0 cm³/mol. The first-order valence-corrected chi connectivity index (χ1v) is 6.98. The summed E-state index contributed by atoms with van der Waals surface area (Å²) in [5.74, 6) is 0.333. The number of anilines is 1. The Morgan fingerprint density at radius 3 is 2.71 bits per heavy atom. The Balaban J connectivity index is 2.41. The third-order valence-electron chi connectivity index (χ3n) is 2.79. The maximum atomic E-state index is 11.1. The molecule has 110 valence electrons. The summed E-state index contributed by atoms with van der Waals surface area (Å²) < 4.78 is 1.32. The molecule has 2 aromatic rings. The van der Waals surface area contributed by atoms with Gasteiger partial charge >= 0.3 is 5.82 Å². The number of imidazole rings is 1. The molecule has 21 heavy (non-hydrogen) atoms. The largest absolute Gasteiger partial charge is 0.358 e. The molecule has 0 unspecified atom stereocenters. The van der Waals surface area contributed by atoms with E-state index in [4.69, 9.17) is 23.8 Å². The lowest BCUT2D eigenvalue weighted by Gasteiger charge is -2.10. The Kier molecular flexibility index (Phi) is 4.54. The van der Waals surface area contributed by atoms with Crippen molar-refractivity contribution in [3.63, 3.8) is 0 Å². The topological polar surface area (TPSA) is 73.0 Å². The smallest absolute Gasteiger partial charge is 0.349 e. The van der Waals surface area contributed by atoms with Gasteiger partial charge in [-0.25, -0.2) is 4.98 Å². The molecule has 0 spiro atoms. The highest BCUT2D eigenvalue weighted by molar-refractivity contribution is 7.80. The minimum Gasteiger partial charge on any atom is -0.358 e. The Morgan fingerprint density at radius 1 is 1.48 bits per heavy atom. The molecule has 0 aliphatic carbocycles. The highest BCUT2D eigenvalue weighted by Gasteiger charge is 2.26. The number of rotatable bonds is 3. The number of para-hydroxylation sites is 1. The summed E-state index contributed by atoms with van der Waals surface area (Å²) in [6.45, 7) is 3.78. The van der Waals surface area contributed by atoms with Gasteiger partial charge in [0.1, 0.15) is 6.20 Å². The lowest BCUT2D eigenvalue weighted by atomic mass is 10.2. The third kappa shape index (κ3) is 3.20. The number of aromatic nitrogens is 2. The van der Waals surface area contributed by atoms with Crippen molar-refractivity contribution in [1.82, 2.24) is 9.55 Å². The van der Waals surface area contributed by atoms with Crippen molar-refractivity contribution >= 4 is 40.4 Å². The summed E-state index contributed by atoms with van der Waals surface area (Å²) in [6.07, 6.45) is 1.20. The van der Waals surface area contributed by atoms with Crippen molar-refractivity contribution in [3.8, 4) is 0 Å². The van der Waals surface area contributed by atoms with Crippen LogP contribution in [0.1, 0.15) is 25.6 Å². The summed E-state index contributed by atoms with van der Waals surface area (Å²) in [4.78, 5) is 14.7. The molecule has 0 saturated heterocycles. The van der Waals surface area contributed by atoms with E-state index in [2.05, 4.69) is 10.3 Å². The van der Waals surface area contributed by atoms with Gasteiger partial charge in [-0.05, 0) is 29.3 Å². The Bertz CT molecular complexity index is 699. The van der Waals surface area contributed by atoms with Gasteiger partial charge < -0.3 is 15.4 Å². The fourth-order valence-corrected chi connectivity index (χ4v) is 2.31. The maximum absolute atomic E-state index is 11.1. The zero-order valence-electron chi connectivity index (χ0n) is 11.4. The fourth-order valence-electron chi connectivity index (χ4n) is 1.83. The van der Waals surface area contributed by atoms with Crippen LogP contribution in [-0.2, 0) is 0 Å². The second kappa shape index (κ2) is 6.19. The first kappa shape index (κ1) is 15.4. The van der Waals surface area contributed by atoms with Gasteiger partial charge in [-0.15, -0.1) is 4.57 Å². The normalized spacial score (nSPS) is 10.7. The molecule has 0 atom stereocenters. The van der Waals surface area contributed by atoms with Crippen molar-refractivity contribution in [3.05, 3.63) is 51.4 Å². The molecule has 2 rings (SSSR count). The zero-order valence-corrected chi connectivity index (χ0v) is 13.0. The van der Waals surface area contributed by atoms with Gasteiger partial charge in [0, 0.05) is 5.92 Å². The van der Waals surface area contributed by atoms with E-state index in [9.17, 15) is 10.1 Å². The number of hydrogen-bond acceptors (Lipinski definition) is 4. The molecule has 0 aliphatic heterocycles. The number of nitrogens with zero attached hydrogens (tertiary/aromatic N) is 3. The first-order chi connectivity index (χ1) is 9.91. The van der Waals surface area contributed by atoms with Crippen LogP contribution in [0.2, 0.25) is 5.02 Å². The first-order valence-electron chi connectivity index (χ1n) is 6.19. The van der Waals surface area contributed by atoms with Gasteiger partial charge in [-0.2, -0.15) is 0 Å². The van der Waals surface area contributed by atoms with Gasteiger partial charge in [0.05, 0.1) is 10.7 Å². The Labute approximate surface area is 131 Å². The number of hydrogen-bond donors (Lipinski definition) is 1. The summed E-state index contributed by atoms with van der Waals surface area (Å²) >= 11 is 11.3. The van der Waals surface area contributed by atoms with Crippen LogP contribution in [0.15, 0.2) is 30.5 Å². The van der Waals surface area contributed by atoms with Crippen molar-refractivity contribution in [2.24, 2.45) is 0 Å². The molecular weight excluding hydrogens is 312 g/mol. The van der Waals surface area contributed by atoms with E-state index in [1.54, 1.807) is 24.3 Å². The summed E-state index contributed by atoms with van der Waals surface area (Å²) in [7, 11) is 0.